The topological polar surface area (TPSA) is 81.8 Å². The van der Waals surface area contributed by atoms with Crippen LogP contribution in [0.5, 0.6) is 0 Å². The molecule has 1 fully saturated rings. The molecule has 0 bridgehead atoms. The first-order valence-corrected chi connectivity index (χ1v) is 8.35. The van der Waals surface area contributed by atoms with E-state index in [1.165, 1.54) is 6.26 Å². The van der Waals surface area contributed by atoms with Crippen molar-refractivity contribution in [3.05, 3.63) is 0 Å². The van der Waals surface area contributed by atoms with E-state index < -0.39 is 21.4 Å². The van der Waals surface area contributed by atoms with Gasteiger partial charge in [0.1, 0.15) is 5.60 Å². The molecule has 1 atom stereocenters. The fourth-order valence-electron chi connectivity index (χ4n) is 1.89. The van der Waals surface area contributed by atoms with E-state index in [0.29, 0.717) is 17.7 Å². The van der Waals surface area contributed by atoms with Gasteiger partial charge in [0.2, 0.25) is 0 Å². The number of nitrogens with zero attached hydrogens (tertiary/aromatic N) is 1. The Morgan fingerprint density at radius 1 is 1.44 bits per heavy atom. The number of ether oxygens (including phenoxy) is 1. The van der Waals surface area contributed by atoms with E-state index in [-0.39, 0.29) is 0 Å². The molecule has 0 aliphatic heterocycles. The summed E-state index contributed by atoms with van der Waals surface area (Å²) in [6.07, 6.45) is 3.56. The standard InChI is InChI=1S/C12H24N2O3S/c1-12(2,3)17-11(15)14-18(4,16)6-5-9-7-10(13)8-9/h9-10H,5-8,13H2,1-4H3. The minimum Gasteiger partial charge on any atom is -0.442 e. The van der Waals surface area contributed by atoms with Crippen molar-refractivity contribution in [1.82, 2.24) is 0 Å². The number of carbonyl (C=O) groups is 1. The molecule has 1 saturated carbocycles. The fraction of sp³-hybridized carbons (Fsp3) is 0.917. The molecule has 0 heterocycles. The van der Waals surface area contributed by atoms with Crippen LogP contribution >= 0.6 is 0 Å². The second-order valence-corrected chi connectivity index (χ2v) is 8.63. The van der Waals surface area contributed by atoms with Crippen LogP contribution in [0.4, 0.5) is 4.79 Å². The molecule has 6 heteroatoms. The maximum absolute atomic E-state index is 12.1. The average Bonchev–Trinajstić information content (AvgIpc) is 2.05. The van der Waals surface area contributed by atoms with Gasteiger partial charge in [0, 0.05) is 18.1 Å². The minimum absolute atomic E-state index is 0.297. The van der Waals surface area contributed by atoms with Crippen molar-refractivity contribution in [1.29, 1.82) is 0 Å². The molecule has 0 spiro atoms. The lowest BCUT2D eigenvalue weighted by molar-refractivity contribution is 0.0607. The van der Waals surface area contributed by atoms with Crippen LogP contribution in [0.2, 0.25) is 0 Å². The van der Waals surface area contributed by atoms with E-state index in [0.717, 1.165) is 19.3 Å². The number of hydrogen-bond donors (Lipinski definition) is 1. The maximum atomic E-state index is 12.1. The van der Waals surface area contributed by atoms with Crippen LogP contribution < -0.4 is 5.73 Å². The predicted molar refractivity (Wildman–Crippen MR) is 72.9 cm³/mol. The fourth-order valence-corrected chi connectivity index (χ4v) is 3.11. The van der Waals surface area contributed by atoms with Crippen LogP contribution in [-0.4, -0.2) is 34.0 Å². The van der Waals surface area contributed by atoms with Crippen LogP contribution in [-0.2, 0) is 14.5 Å². The van der Waals surface area contributed by atoms with E-state index in [2.05, 4.69) is 4.36 Å². The first kappa shape index (κ1) is 15.4. The minimum atomic E-state index is -2.48. The van der Waals surface area contributed by atoms with Crippen molar-refractivity contribution < 1.29 is 13.7 Å². The smallest absolute Gasteiger partial charge is 0.442 e. The van der Waals surface area contributed by atoms with Gasteiger partial charge < -0.3 is 10.5 Å². The van der Waals surface area contributed by atoms with Crippen molar-refractivity contribution in [2.75, 3.05) is 12.0 Å². The van der Waals surface area contributed by atoms with Gasteiger partial charge in [0.15, 0.2) is 0 Å². The van der Waals surface area contributed by atoms with E-state index in [1.807, 2.05) is 0 Å². The Morgan fingerprint density at radius 3 is 2.44 bits per heavy atom. The zero-order chi connectivity index (χ0) is 14.0. The van der Waals surface area contributed by atoms with Gasteiger partial charge in [-0.3, -0.25) is 0 Å². The molecule has 0 saturated heterocycles. The van der Waals surface area contributed by atoms with Crippen LogP contribution in [0, 0.1) is 5.92 Å². The zero-order valence-corrected chi connectivity index (χ0v) is 12.5. The monoisotopic (exact) mass is 276 g/mol. The highest BCUT2D eigenvalue weighted by Crippen LogP contribution is 2.29. The normalized spacial score (nSPS) is 26.9. The van der Waals surface area contributed by atoms with Gasteiger partial charge >= 0.3 is 6.09 Å². The van der Waals surface area contributed by atoms with Crippen molar-refractivity contribution in [3.63, 3.8) is 0 Å². The number of amides is 1. The molecular weight excluding hydrogens is 252 g/mol. The molecule has 1 amide bonds. The summed E-state index contributed by atoms with van der Waals surface area (Å²) in [5, 5.41) is 0. The third-order valence-corrected chi connectivity index (χ3v) is 4.37. The summed E-state index contributed by atoms with van der Waals surface area (Å²) in [6, 6.07) is 0.297. The first-order chi connectivity index (χ1) is 8.07. The highest BCUT2D eigenvalue weighted by atomic mass is 32.2. The average molecular weight is 276 g/mol. The number of rotatable bonds is 3. The van der Waals surface area contributed by atoms with Gasteiger partial charge in [0.05, 0.1) is 9.73 Å². The van der Waals surface area contributed by atoms with Gasteiger partial charge in [-0.25, -0.2) is 9.00 Å². The van der Waals surface area contributed by atoms with E-state index in [1.54, 1.807) is 20.8 Å². The Bertz CT molecular complexity index is 414. The lowest BCUT2D eigenvalue weighted by atomic mass is 9.79. The molecule has 1 unspecified atom stereocenters. The van der Waals surface area contributed by atoms with E-state index >= 15 is 0 Å². The zero-order valence-electron chi connectivity index (χ0n) is 11.6. The number of hydrogen-bond acceptors (Lipinski definition) is 4. The van der Waals surface area contributed by atoms with Crippen molar-refractivity contribution in [2.24, 2.45) is 16.0 Å². The Morgan fingerprint density at radius 2 is 2.00 bits per heavy atom. The third kappa shape index (κ3) is 5.82. The summed E-state index contributed by atoms with van der Waals surface area (Å²) in [4.78, 5) is 11.5. The van der Waals surface area contributed by atoms with Gasteiger partial charge in [-0.2, -0.15) is 0 Å². The largest absolute Gasteiger partial charge is 0.442 e. The summed E-state index contributed by atoms with van der Waals surface area (Å²) in [5.74, 6) is 0.971. The maximum Gasteiger partial charge on any atom is 0.442 e. The quantitative estimate of drug-likeness (QED) is 0.856. The molecule has 18 heavy (non-hydrogen) atoms. The molecule has 0 aromatic rings. The van der Waals surface area contributed by atoms with Crippen LogP contribution in [0.3, 0.4) is 0 Å². The molecule has 5 nitrogen and oxygen atoms in total. The summed E-state index contributed by atoms with van der Waals surface area (Å²) >= 11 is 0. The molecule has 0 radical (unpaired) electrons. The van der Waals surface area contributed by atoms with Crippen molar-refractivity contribution in [2.45, 2.75) is 51.7 Å². The summed E-state index contributed by atoms with van der Waals surface area (Å²) in [5.41, 5.74) is 5.09. The molecule has 0 aromatic carbocycles. The molecule has 1 aliphatic rings. The molecule has 0 aromatic heterocycles. The van der Waals surface area contributed by atoms with Gasteiger partial charge in [-0.05, 0) is 46.0 Å². The third-order valence-electron chi connectivity index (χ3n) is 2.84. The van der Waals surface area contributed by atoms with E-state index in [4.69, 9.17) is 10.5 Å². The highest BCUT2D eigenvalue weighted by Gasteiger charge is 2.26. The predicted octanol–water partition coefficient (Wildman–Crippen LogP) is 2.15. The van der Waals surface area contributed by atoms with Gasteiger partial charge in [-0.1, -0.05) is 0 Å². The SMILES string of the molecule is CC(C)(C)OC(=O)N=S(C)(=O)CCC1CC(N)C1. The summed E-state index contributed by atoms with van der Waals surface area (Å²) in [7, 11) is -2.48. The van der Waals surface area contributed by atoms with Crippen LogP contribution in [0.25, 0.3) is 0 Å². The first-order valence-electron chi connectivity index (χ1n) is 6.26. The molecule has 1 rings (SSSR count). The van der Waals surface area contributed by atoms with Crippen molar-refractivity contribution >= 4 is 15.8 Å². The number of nitrogens with two attached hydrogens (primary N) is 1. The summed E-state index contributed by atoms with van der Waals surface area (Å²) < 4.78 is 20.8. The van der Waals surface area contributed by atoms with Crippen molar-refractivity contribution in [3.8, 4) is 0 Å². The second kappa shape index (κ2) is 5.57. The van der Waals surface area contributed by atoms with E-state index in [9.17, 15) is 9.00 Å². The summed E-state index contributed by atoms with van der Waals surface area (Å²) in [6.45, 7) is 5.27. The number of carbonyl (C=O) groups excluding carboxylic acids is 1. The van der Waals surface area contributed by atoms with Gasteiger partial charge in [0.25, 0.3) is 0 Å². The molecular formula is C12H24N2O3S. The molecule has 106 valence electrons. The Kier molecular flexibility index (Phi) is 4.78. The lowest BCUT2D eigenvalue weighted by Gasteiger charge is -2.32. The lowest BCUT2D eigenvalue weighted by Crippen LogP contribution is -2.37. The Hall–Kier alpha value is -0.620. The van der Waals surface area contributed by atoms with Crippen LogP contribution in [0.15, 0.2) is 4.36 Å². The van der Waals surface area contributed by atoms with Crippen LogP contribution in [0.1, 0.15) is 40.0 Å². The van der Waals surface area contributed by atoms with Gasteiger partial charge in [-0.15, -0.1) is 4.36 Å². The Balaban J connectivity index is 2.46. The second-order valence-electron chi connectivity index (χ2n) is 6.12. The highest BCUT2D eigenvalue weighted by molar-refractivity contribution is 7.93. The molecule has 2 N–H and O–H groups in total. The molecule has 1 aliphatic carbocycles. The Labute approximate surface area is 110 Å².